The molecule has 0 aromatic heterocycles. The van der Waals surface area contributed by atoms with Gasteiger partial charge in [0.1, 0.15) is 12.1 Å². The molecule has 1 saturated heterocycles. The molecule has 0 spiro atoms. The van der Waals surface area contributed by atoms with Crippen LogP contribution in [0.25, 0.3) is 0 Å². The van der Waals surface area contributed by atoms with Crippen LogP contribution in [0, 0.1) is 34.0 Å². The second-order valence-electron chi connectivity index (χ2n) is 21.5. The summed E-state index contributed by atoms with van der Waals surface area (Å²) < 4.78 is 0. The topological polar surface area (TPSA) is 182 Å². The Morgan fingerprint density at radius 2 is 1.27 bits per heavy atom. The first-order valence-corrected chi connectivity index (χ1v) is 24.3. The second-order valence-corrected chi connectivity index (χ2v) is 21.5. The molecule has 5 amide bonds. The maximum Gasteiger partial charge on any atom is 0.312 e. The summed E-state index contributed by atoms with van der Waals surface area (Å²) in [4.78, 5) is 103. The highest BCUT2D eigenvalue weighted by Crippen LogP contribution is 2.42. The number of carbonyl (C=O) groups is 7. The lowest BCUT2D eigenvalue weighted by Crippen LogP contribution is -2.61. The van der Waals surface area contributed by atoms with Crippen LogP contribution in [0.3, 0.4) is 0 Å². The predicted octanol–water partition coefficient (Wildman–Crippen LogP) is 7.15. The van der Waals surface area contributed by atoms with Crippen LogP contribution in [0.4, 0.5) is 0 Å². The number of aryl methyl sites for hydroxylation is 1. The Balaban J connectivity index is 1.63. The molecule has 1 saturated carbocycles. The highest BCUT2D eigenvalue weighted by Gasteiger charge is 2.53. The summed E-state index contributed by atoms with van der Waals surface area (Å²) in [6.45, 7) is 18.0. The van der Waals surface area contributed by atoms with Crippen molar-refractivity contribution in [1.82, 2.24) is 25.8 Å². The van der Waals surface area contributed by atoms with Crippen LogP contribution in [-0.4, -0.2) is 100 Å². The van der Waals surface area contributed by atoms with E-state index < -0.39 is 76.7 Å². The van der Waals surface area contributed by atoms with Gasteiger partial charge in [0.15, 0.2) is 5.78 Å². The molecule has 2 aliphatic rings. The molecule has 1 aliphatic carbocycles. The first-order valence-electron chi connectivity index (χ1n) is 24.3. The number of hydrogen-bond acceptors (Lipinski definition) is 7. The van der Waals surface area contributed by atoms with Crippen LogP contribution in [0.2, 0.25) is 0 Å². The molecule has 0 bridgehead atoms. The quantitative estimate of drug-likeness (QED) is 0.0961. The Morgan fingerprint density at radius 3 is 1.77 bits per heavy atom. The average Bonchev–Trinajstić information content (AvgIpc) is 3.99. The number of nitrogens with zero attached hydrogens (tertiary/aromatic N) is 2. The molecule has 66 heavy (non-hydrogen) atoms. The molecule has 4 N–H and O–H groups in total. The molecule has 13 heteroatoms. The van der Waals surface area contributed by atoms with E-state index in [0.717, 1.165) is 24.0 Å². The number of hydrogen-bond donors (Lipinski definition) is 4. The van der Waals surface area contributed by atoms with Gasteiger partial charge in [-0.3, -0.25) is 33.6 Å². The Morgan fingerprint density at radius 1 is 0.712 bits per heavy atom. The molecule has 364 valence electrons. The predicted molar refractivity (Wildman–Crippen MR) is 257 cm³/mol. The number of ketones is 1. The smallest absolute Gasteiger partial charge is 0.312 e. The van der Waals surface area contributed by atoms with E-state index in [4.69, 9.17) is 0 Å². The fourth-order valence-corrected chi connectivity index (χ4v) is 10.0. The molecule has 2 aromatic rings. The van der Waals surface area contributed by atoms with E-state index in [-0.39, 0.29) is 48.5 Å². The summed E-state index contributed by atoms with van der Waals surface area (Å²) >= 11 is 0. The molecule has 6 atom stereocenters. The van der Waals surface area contributed by atoms with E-state index in [1.807, 2.05) is 102 Å². The van der Waals surface area contributed by atoms with Gasteiger partial charge in [-0.1, -0.05) is 136 Å². The normalized spacial score (nSPS) is 17.8. The van der Waals surface area contributed by atoms with Gasteiger partial charge >= 0.3 is 5.97 Å². The molecule has 2 aromatic carbocycles. The fourth-order valence-electron chi connectivity index (χ4n) is 10.0. The van der Waals surface area contributed by atoms with Gasteiger partial charge in [0, 0.05) is 44.9 Å². The number of aliphatic carboxylic acids is 1. The molecule has 2 fully saturated rings. The number of benzene rings is 2. The zero-order chi connectivity index (χ0) is 49.0. The van der Waals surface area contributed by atoms with Crippen molar-refractivity contribution in [2.24, 2.45) is 34.0 Å². The zero-order valence-corrected chi connectivity index (χ0v) is 41.4. The van der Waals surface area contributed by atoms with Crippen LogP contribution in [0.5, 0.6) is 0 Å². The third-order valence-corrected chi connectivity index (χ3v) is 13.9. The van der Waals surface area contributed by atoms with Gasteiger partial charge in [-0.2, -0.15) is 0 Å². The molecule has 0 radical (unpaired) electrons. The standard InChI is InChI=1S/C53H79N5O8/c1-11-41(51(4,5)6)54-48(63)45(53(50(65)66)28-18-19-29-53)56-46(61)39(34-42(60)58-30-20-21-31-58)33-40(59)44(52(7,8)9)55-47(62)43(35(2)3)57(10)49(64)38(32-37-24-16-13-17-25-37)27-26-36-22-14-12-15-23-36/h12-17,22-25,35,38-39,41,43-45H,11,18-21,26-34H2,1-10H3,(H,54,63)(H,55,62)(H,56,61)(H,65,66). The zero-order valence-electron chi connectivity index (χ0n) is 41.4. The number of likely N-dealkylation sites (tertiary alicyclic amines) is 1. The van der Waals surface area contributed by atoms with Gasteiger partial charge in [-0.05, 0) is 79.2 Å². The van der Waals surface area contributed by atoms with Crippen molar-refractivity contribution < 1.29 is 38.7 Å². The van der Waals surface area contributed by atoms with Crippen molar-refractivity contribution in [3.8, 4) is 0 Å². The van der Waals surface area contributed by atoms with Gasteiger partial charge in [-0.25, -0.2) is 0 Å². The number of carbonyl (C=O) groups excluding carboxylic acids is 6. The Kier molecular flexibility index (Phi) is 19.1. The largest absolute Gasteiger partial charge is 0.481 e. The number of likely N-dealkylation sites (N-methyl/N-ethyl adjacent to an activating group) is 1. The lowest BCUT2D eigenvalue weighted by molar-refractivity contribution is -0.155. The van der Waals surface area contributed by atoms with Crippen molar-refractivity contribution in [3.05, 3.63) is 71.8 Å². The number of rotatable bonds is 22. The Hall–Kier alpha value is -5.07. The fraction of sp³-hybridized carbons (Fsp3) is 0.642. The van der Waals surface area contributed by atoms with E-state index in [0.29, 0.717) is 51.6 Å². The summed E-state index contributed by atoms with van der Waals surface area (Å²) in [6.07, 6.45) is 4.58. The molecule has 1 heterocycles. The van der Waals surface area contributed by atoms with Crippen LogP contribution < -0.4 is 16.0 Å². The SMILES string of the molecule is CCC(NC(=O)C(NC(=O)C(CC(=O)C(NC(=O)C(C(C)C)N(C)C(=O)C(CCc1ccccc1)Cc1ccccc1)C(C)(C)C)CC(=O)N1CCCC1)C1(C(=O)O)CCCC1)C(C)(C)C. The minimum absolute atomic E-state index is 0.176. The highest BCUT2D eigenvalue weighted by atomic mass is 16.4. The monoisotopic (exact) mass is 914 g/mol. The van der Waals surface area contributed by atoms with Gasteiger partial charge in [0.05, 0.1) is 17.4 Å². The molecular formula is C53H79N5O8. The van der Waals surface area contributed by atoms with Crippen LogP contribution in [0.1, 0.15) is 138 Å². The number of amides is 5. The van der Waals surface area contributed by atoms with Crippen LogP contribution in [-0.2, 0) is 46.4 Å². The Labute approximate surface area is 394 Å². The van der Waals surface area contributed by atoms with Crippen molar-refractivity contribution >= 4 is 41.3 Å². The summed E-state index contributed by atoms with van der Waals surface area (Å²) in [5, 5.41) is 19.5. The second kappa shape index (κ2) is 23.6. The maximum absolute atomic E-state index is 14.7. The van der Waals surface area contributed by atoms with Crippen LogP contribution in [0.15, 0.2) is 60.7 Å². The van der Waals surface area contributed by atoms with Crippen molar-refractivity contribution in [2.45, 2.75) is 164 Å². The first kappa shape index (κ1) is 53.5. The molecule has 6 unspecified atom stereocenters. The third-order valence-electron chi connectivity index (χ3n) is 13.9. The molecular weight excluding hydrogens is 835 g/mol. The third kappa shape index (κ3) is 14.2. The van der Waals surface area contributed by atoms with Crippen molar-refractivity contribution in [1.29, 1.82) is 0 Å². The molecule has 4 rings (SSSR count). The summed E-state index contributed by atoms with van der Waals surface area (Å²) in [5.41, 5.74) is -0.704. The number of nitrogens with one attached hydrogen (secondary N) is 3. The molecule has 1 aliphatic heterocycles. The summed E-state index contributed by atoms with van der Waals surface area (Å²) in [5.74, 6) is -6.14. The van der Waals surface area contributed by atoms with Crippen LogP contribution >= 0.6 is 0 Å². The van der Waals surface area contributed by atoms with Gasteiger partial charge in [0.2, 0.25) is 29.5 Å². The van der Waals surface area contributed by atoms with E-state index in [1.165, 1.54) is 4.90 Å². The van der Waals surface area contributed by atoms with Crippen molar-refractivity contribution in [2.75, 3.05) is 20.1 Å². The maximum atomic E-state index is 14.7. The lowest BCUT2D eigenvalue weighted by Gasteiger charge is -2.38. The number of carboxylic acids is 1. The minimum atomic E-state index is -1.58. The first-order chi connectivity index (χ1) is 31.0. The summed E-state index contributed by atoms with van der Waals surface area (Å²) in [7, 11) is 1.64. The van der Waals surface area contributed by atoms with E-state index >= 15 is 0 Å². The van der Waals surface area contributed by atoms with E-state index in [9.17, 15) is 38.7 Å². The van der Waals surface area contributed by atoms with E-state index in [1.54, 1.807) is 32.7 Å². The summed E-state index contributed by atoms with van der Waals surface area (Å²) in [6, 6.07) is 15.9. The number of Topliss-reactive ketones (excluding diaryl/α,β-unsaturated/α-hetero) is 1. The number of carboxylic acid groups (broad SMARTS) is 1. The van der Waals surface area contributed by atoms with Gasteiger partial charge in [-0.15, -0.1) is 0 Å². The van der Waals surface area contributed by atoms with Gasteiger partial charge in [0.25, 0.3) is 0 Å². The van der Waals surface area contributed by atoms with E-state index in [2.05, 4.69) is 16.0 Å². The Bertz CT molecular complexity index is 1960. The lowest BCUT2D eigenvalue weighted by atomic mass is 9.76. The van der Waals surface area contributed by atoms with Gasteiger partial charge < -0.3 is 30.9 Å². The molecule has 13 nitrogen and oxygen atoms in total. The van der Waals surface area contributed by atoms with Crippen molar-refractivity contribution in [3.63, 3.8) is 0 Å². The average molecular weight is 914 g/mol. The highest BCUT2D eigenvalue weighted by molar-refractivity contribution is 5.99. The minimum Gasteiger partial charge on any atom is -0.481 e.